The van der Waals surface area contributed by atoms with Crippen molar-refractivity contribution in [3.05, 3.63) is 17.5 Å². The summed E-state index contributed by atoms with van der Waals surface area (Å²) in [4.78, 5) is 13.0. The van der Waals surface area contributed by atoms with E-state index < -0.39 is 0 Å². The van der Waals surface area contributed by atoms with Crippen LogP contribution in [0, 0.1) is 0 Å². The third-order valence-electron chi connectivity index (χ3n) is 3.94. The van der Waals surface area contributed by atoms with Gasteiger partial charge in [0.1, 0.15) is 0 Å². The van der Waals surface area contributed by atoms with E-state index in [0.29, 0.717) is 22.9 Å². The lowest BCUT2D eigenvalue weighted by Crippen LogP contribution is -2.36. The van der Waals surface area contributed by atoms with E-state index in [0.717, 1.165) is 17.7 Å². The second-order valence-corrected chi connectivity index (χ2v) is 7.62. The molecule has 0 saturated heterocycles. The molecule has 23 heavy (non-hydrogen) atoms. The lowest BCUT2D eigenvalue weighted by atomic mass is 9.97. The Morgan fingerprint density at radius 3 is 2.78 bits per heavy atom. The van der Waals surface area contributed by atoms with Crippen LogP contribution in [-0.2, 0) is 4.79 Å². The molecule has 0 aromatic carbocycles. The molecule has 0 unspecified atom stereocenters. The molecule has 1 amide bonds. The second-order valence-electron chi connectivity index (χ2n) is 5.75. The largest absolute Gasteiger partial charge is 0.410 e. The van der Waals surface area contributed by atoms with Crippen LogP contribution in [0.25, 0.3) is 10.8 Å². The summed E-state index contributed by atoms with van der Waals surface area (Å²) in [5.74, 6) is 0.891. The Balaban J connectivity index is 1.45. The minimum atomic E-state index is 0.0523. The fourth-order valence-corrected chi connectivity index (χ4v) is 3.98. The van der Waals surface area contributed by atoms with Gasteiger partial charge in [-0.05, 0) is 24.3 Å². The van der Waals surface area contributed by atoms with Crippen molar-refractivity contribution in [3.8, 4) is 10.8 Å². The van der Waals surface area contributed by atoms with Crippen molar-refractivity contribution in [2.24, 2.45) is 0 Å². The van der Waals surface area contributed by atoms with Crippen molar-refractivity contribution in [1.82, 2.24) is 15.5 Å². The average Bonchev–Trinajstić information content (AvgIpc) is 3.18. The van der Waals surface area contributed by atoms with Crippen molar-refractivity contribution in [2.75, 3.05) is 5.75 Å². The summed E-state index contributed by atoms with van der Waals surface area (Å²) in [7, 11) is 0. The van der Waals surface area contributed by atoms with Crippen LogP contribution in [-0.4, -0.2) is 27.9 Å². The highest BCUT2D eigenvalue weighted by atomic mass is 32.2. The summed E-state index contributed by atoms with van der Waals surface area (Å²) in [6.45, 7) is 0. The van der Waals surface area contributed by atoms with E-state index in [4.69, 9.17) is 4.42 Å². The summed E-state index contributed by atoms with van der Waals surface area (Å²) in [5.41, 5.74) is 0. The molecule has 1 fully saturated rings. The van der Waals surface area contributed by atoms with Crippen LogP contribution in [0.15, 0.2) is 27.2 Å². The minimum absolute atomic E-state index is 0.0523. The van der Waals surface area contributed by atoms with Crippen LogP contribution >= 0.6 is 23.1 Å². The zero-order chi connectivity index (χ0) is 15.9. The number of thiophene rings is 1. The molecular weight excluding hydrogens is 330 g/mol. The van der Waals surface area contributed by atoms with Gasteiger partial charge < -0.3 is 9.73 Å². The van der Waals surface area contributed by atoms with E-state index in [1.54, 1.807) is 11.3 Å². The van der Waals surface area contributed by atoms with Crippen molar-refractivity contribution in [1.29, 1.82) is 0 Å². The quantitative estimate of drug-likeness (QED) is 0.821. The molecular formula is C16H21N3O2S2. The summed E-state index contributed by atoms with van der Waals surface area (Å²) in [5, 5.41) is 13.6. The average molecular weight is 351 g/mol. The first-order chi connectivity index (χ1) is 11.3. The molecule has 1 aliphatic carbocycles. The van der Waals surface area contributed by atoms with E-state index in [1.807, 2.05) is 17.5 Å². The molecule has 3 rings (SSSR count). The molecule has 0 atom stereocenters. The van der Waals surface area contributed by atoms with Crippen molar-refractivity contribution in [3.63, 3.8) is 0 Å². The van der Waals surface area contributed by atoms with Crippen molar-refractivity contribution in [2.45, 2.75) is 56.2 Å². The Morgan fingerprint density at radius 1 is 1.26 bits per heavy atom. The van der Waals surface area contributed by atoms with E-state index in [-0.39, 0.29) is 5.91 Å². The van der Waals surface area contributed by atoms with Gasteiger partial charge in [0.2, 0.25) is 5.91 Å². The molecule has 1 N–H and O–H groups in total. The van der Waals surface area contributed by atoms with E-state index in [1.165, 1.54) is 43.9 Å². The van der Waals surface area contributed by atoms with Gasteiger partial charge in [0.05, 0.1) is 10.6 Å². The second kappa shape index (κ2) is 8.49. The first kappa shape index (κ1) is 16.5. The highest BCUT2D eigenvalue weighted by Gasteiger charge is 2.16. The molecule has 0 radical (unpaired) electrons. The summed E-state index contributed by atoms with van der Waals surface area (Å²) < 4.78 is 5.58. The summed E-state index contributed by atoms with van der Waals surface area (Å²) in [6.07, 6.45) is 8.53. The number of hydrogen-bond donors (Lipinski definition) is 1. The Kier molecular flexibility index (Phi) is 6.10. The van der Waals surface area contributed by atoms with Gasteiger partial charge in [0.25, 0.3) is 11.1 Å². The van der Waals surface area contributed by atoms with E-state index in [2.05, 4.69) is 15.5 Å². The first-order valence-corrected chi connectivity index (χ1v) is 9.97. The standard InChI is InChI=1S/C16H21N3O2S2/c20-14(17-12-7-4-2-1-3-5-8-12)11-23-16-19-18-15(21-16)13-9-6-10-22-13/h6,9-10,12H,1-5,7-8,11H2,(H,17,20). The minimum Gasteiger partial charge on any atom is -0.410 e. The molecule has 1 aliphatic rings. The Bertz CT molecular complexity index is 605. The van der Waals surface area contributed by atoms with Crippen LogP contribution in [0.5, 0.6) is 0 Å². The maximum Gasteiger partial charge on any atom is 0.277 e. The Labute approximate surface area is 144 Å². The van der Waals surface area contributed by atoms with Gasteiger partial charge >= 0.3 is 0 Å². The van der Waals surface area contributed by atoms with Crippen molar-refractivity contribution < 1.29 is 9.21 Å². The molecule has 2 aromatic rings. The van der Waals surface area contributed by atoms with Crippen LogP contribution in [0.2, 0.25) is 0 Å². The Hall–Kier alpha value is -1.34. The highest BCUT2D eigenvalue weighted by molar-refractivity contribution is 7.99. The summed E-state index contributed by atoms with van der Waals surface area (Å²) in [6, 6.07) is 4.21. The number of nitrogens with zero attached hydrogens (tertiary/aromatic N) is 2. The number of aromatic nitrogens is 2. The van der Waals surface area contributed by atoms with Gasteiger partial charge in [-0.25, -0.2) is 0 Å². The molecule has 0 aliphatic heterocycles. The smallest absolute Gasteiger partial charge is 0.277 e. The van der Waals surface area contributed by atoms with Gasteiger partial charge in [0, 0.05) is 6.04 Å². The monoisotopic (exact) mass is 351 g/mol. The predicted molar refractivity (Wildman–Crippen MR) is 92.6 cm³/mol. The first-order valence-electron chi connectivity index (χ1n) is 8.11. The number of rotatable bonds is 5. The third kappa shape index (κ3) is 5.07. The third-order valence-corrected chi connectivity index (χ3v) is 5.61. The molecule has 5 nitrogen and oxygen atoms in total. The van der Waals surface area contributed by atoms with Gasteiger partial charge in [-0.1, -0.05) is 49.9 Å². The van der Waals surface area contributed by atoms with Crippen LogP contribution in [0.4, 0.5) is 0 Å². The molecule has 7 heteroatoms. The normalized spacial score (nSPS) is 16.7. The highest BCUT2D eigenvalue weighted by Crippen LogP contribution is 2.26. The number of hydrogen-bond acceptors (Lipinski definition) is 6. The van der Waals surface area contributed by atoms with Crippen LogP contribution in [0.1, 0.15) is 44.9 Å². The maximum atomic E-state index is 12.1. The number of carbonyl (C=O) groups is 1. The van der Waals surface area contributed by atoms with E-state index >= 15 is 0 Å². The molecule has 124 valence electrons. The van der Waals surface area contributed by atoms with Crippen LogP contribution in [0.3, 0.4) is 0 Å². The number of carbonyl (C=O) groups excluding carboxylic acids is 1. The van der Waals surface area contributed by atoms with Crippen LogP contribution < -0.4 is 5.32 Å². The summed E-state index contributed by atoms with van der Waals surface area (Å²) >= 11 is 2.85. The fourth-order valence-electron chi connectivity index (χ4n) is 2.77. The maximum absolute atomic E-state index is 12.1. The van der Waals surface area contributed by atoms with Gasteiger partial charge in [-0.3, -0.25) is 4.79 Å². The number of nitrogens with one attached hydrogen (secondary N) is 1. The van der Waals surface area contributed by atoms with Crippen molar-refractivity contribution >= 4 is 29.0 Å². The lowest BCUT2D eigenvalue weighted by Gasteiger charge is -2.20. The predicted octanol–water partition coefficient (Wildman–Crippen LogP) is 4.12. The zero-order valence-corrected chi connectivity index (χ0v) is 14.6. The van der Waals surface area contributed by atoms with Gasteiger partial charge in [-0.15, -0.1) is 21.5 Å². The molecule has 0 spiro atoms. The van der Waals surface area contributed by atoms with Gasteiger partial charge in [0.15, 0.2) is 0 Å². The molecule has 0 bridgehead atoms. The zero-order valence-electron chi connectivity index (χ0n) is 13.0. The van der Waals surface area contributed by atoms with Gasteiger partial charge in [-0.2, -0.15) is 0 Å². The fraction of sp³-hybridized carbons (Fsp3) is 0.562. The molecule has 2 heterocycles. The van der Waals surface area contributed by atoms with E-state index in [9.17, 15) is 4.79 Å². The Morgan fingerprint density at radius 2 is 2.04 bits per heavy atom. The topological polar surface area (TPSA) is 68.0 Å². The molecule has 2 aromatic heterocycles. The number of amides is 1. The molecule has 1 saturated carbocycles. The number of thioether (sulfide) groups is 1. The lowest BCUT2D eigenvalue weighted by molar-refractivity contribution is -0.119. The SMILES string of the molecule is O=C(CSc1nnc(-c2cccs2)o1)NC1CCCCCCC1.